The highest BCUT2D eigenvalue weighted by Crippen LogP contribution is 2.42. The monoisotopic (exact) mass is 315 g/mol. The van der Waals surface area contributed by atoms with Crippen molar-refractivity contribution in [3.63, 3.8) is 0 Å². The van der Waals surface area contributed by atoms with Crippen LogP contribution in [0.1, 0.15) is 13.8 Å². The summed E-state index contributed by atoms with van der Waals surface area (Å²) >= 11 is 3.57. The summed E-state index contributed by atoms with van der Waals surface area (Å²) in [5, 5.41) is 1.18. The Balaban J connectivity index is 0.000000528. The molecule has 19 heavy (non-hydrogen) atoms. The van der Waals surface area contributed by atoms with Crippen molar-refractivity contribution >= 4 is 26.8 Å². The van der Waals surface area contributed by atoms with E-state index in [0.29, 0.717) is 0 Å². The lowest BCUT2D eigenvalue weighted by Crippen LogP contribution is -2.02. The number of ether oxygens (including phenoxy) is 1. The number of fused-ring (bicyclic) bond motifs is 2. The van der Waals surface area contributed by atoms with Gasteiger partial charge in [-0.3, -0.25) is 0 Å². The fraction of sp³-hybridized carbons (Fsp3) is 0.125. The highest BCUT2D eigenvalue weighted by molar-refractivity contribution is 9.10. The van der Waals surface area contributed by atoms with Gasteiger partial charge < -0.3 is 9.30 Å². The molecule has 0 unspecified atom stereocenters. The molecule has 1 aliphatic heterocycles. The zero-order valence-electron chi connectivity index (χ0n) is 10.9. The van der Waals surface area contributed by atoms with Crippen molar-refractivity contribution in [1.82, 2.24) is 4.57 Å². The highest BCUT2D eigenvalue weighted by atomic mass is 79.9. The highest BCUT2D eigenvalue weighted by Gasteiger charge is 2.19. The van der Waals surface area contributed by atoms with Crippen molar-refractivity contribution < 1.29 is 4.74 Å². The Labute approximate surface area is 120 Å². The van der Waals surface area contributed by atoms with Gasteiger partial charge >= 0.3 is 0 Å². The van der Waals surface area contributed by atoms with Crippen LogP contribution in [0, 0.1) is 0 Å². The van der Waals surface area contributed by atoms with E-state index in [0.717, 1.165) is 27.2 Å². The minimum absolute atomic E-state index is 0.903. The van der Waals surface area contributed by atoms with E-state index in [4.69, 9.17) is 4.74 Å². The van der Waals surface area contributed by atoms with E-state index in [1.165, 1.54) is 5.39 Å². The molecule has 0 bridgehead atoms. The molecule has 0 fully saturated rings. The summed E-state index contributed by atoms with van der Waals surface area (Å²) in [6.07, 6.45) is 2.08. The van der Waals surface area contributed by atoms with Gasteiger partial charge in [-0.05, 0) is 30.3 Å². The molecule has 3 heteroatoms. The standard InChI is InChI=1S/C14H8BrNO.C2H6/c15-10-5-6-13-14-9(10)7-8-16(14)11-3-1-2-4-12(11)17-13;1-2/h1-8H;1-2H3. The first-order valence-corrected chi connectivity index (χ1v) is 7.21. The lowest BCUT2D eigenvalue weighted by molar-refractivity contribution is 0.475. The minimum Gasteiger partial charge on any atom is -0.453 e. The quantitative estimate of drug-likeness (QED) is 0.416. The van der Waals surface area contributed by atoms with Crippen LogP contribution in [0.4, 0.5) is 0 Å². The molecule has 2 aromatic carbocycles. The summed E-state index contributed by atoms with van der Waals surface area (Å²) in [5.74, 6) is 1.81. The summed E-state index contributed by atoms with van der Waals surface area (Å²) in [6, 6.07) is 14.2. The molecule has 2 heterocycles. The third-order valence-electron chi connectivity index (χ3n) is 3.10. The van der Waals surface area contributed by atoms with Crippen LogP contribution in [0.25, 0.3) is 16.6 Å². The molecular formula is C16H14BrNO. The average Bonchev–Trinajstić information content (AvgIpc) is 2.92. The van der Waals surface area contributed by atoms with Crippen LogP contribution in [0.2, 0.25) is 0 Å². The van der Waals surface area contributed by atoms with Gasteiger partial charge in [0.1, 0.15) is 0 Å². The van der Waals surface area contributed by atoms with E-state index in [9.17, 15) is 0 Å². The molecule has 0 saturated heterocycles. The van der Waals surface area contributed by atoms with Gasteiger partial charge in [-0.2, -0.15) is 0 Å². The number of para-hydroxylation sites is 2. The van der Waals surface area contributed by atoms with Crippen molar-refractivity contribution in [2.45, 2.75) is 13.8 Å². The number of aromatic nitrogens is 1. The molecular weight excluding hydrogens is 302 g/mol. The lowest BCUT2D eigenvalue weighted by Gasteiger charge is -2.20. The second-order valence-corrected chi connectivity index (χ2v) is 4.92. The molecule has 0 aliphatic carbocycles. The molecule has 0 radical (unpaired) electrons. The fourth-order valence-electron chi connectivity index (χ4n) is 2.34. The van der Waals surface area contributed by atoms with Crippen molar-refractivity contribution in [3.05, 3.63) is 53.1 Å². The van der Waals surface area contributed by atoms with Gasteiger partial charge in [-0.1, -0.05) is 41.9 Å². The van der Waals surface area contributed by atoms with Crippen molar-refractivity contribution in [2.24, 2.45) is 0 Å². The molecule has 3 aromatic rings. The summed E-state index contributed by atoms with van der Waals surface area (Å²) in [4.78, 5) is 0. The maximum Gasteiger partial charge on any atom is 0.152 e. The number of rotatable bonds is 0. The van der Waals surface area contributed by atoms with Crippen molar-refractivity contribution in [1.29, 1.82) is 0 Å². The second kappa shape index (κ2) is 4.74. The molecule has 1 aromatic heterocycles. The number of halogens is 1. The van der Waals surface area contributed by atoms with Gasteiger partial charge in [-0.15, -0.1) is 0 Å². The van der Waals surface area contributed by atoms with E-state index in [1.54, 1.807) is 0 Å². The fourth-order valence-corrected chi connectivity index (χ4v) is 2.79. The van der Waals surface area contributed by atoms with Gasteiger partial charge in [0.25, 0.3) is 0 Å². The molecule has 0 saturated carbocycles. The maximum atomic E-state index is 5.92. The lowest BCUT2D eigenvalue weighted by atomic mass is 10.2. The van der Waals surface area contributed by atoms with E-state index in [1.807, 2.05) is 44.2 Å². The van der Waals surface area contributed by atoms with E-state index in [-0.39, 0.29) is 0 Å². The normalized spacial score (nSPS) is 11.3. The van der Waals surface area contributed by atoms with Crippen LogP contribution in [0.15, 0.2) is 53.1 Å². The topological polar surface area (TPSA) is 14.2 Å². The van der Waals surface area contributed by atoms with E-state index in [2.05, 4.69) is 38.8 Å². The first-order valence-electron chi connectivity index (χ1n) is 6.41. The Kier molecular flexibility index (Phi) is 3.07. The Hall–Kier alpha value is -1.74. The minimum atomic E-state index is 0.903. The van der Waals surface area contributed by atoms with Crippen LogP contribution in [0.3, 0.4) is 0 Å². The molecule has 4 rings (SSSR count). The Bertz CT molecular complexity index is 746. The van der Waals surface area contributed by atoms with E-state index >= 15 is 0 Å². The third kappa shape index (κ3) is 1.77. The van der Waals surface area contributed by atoms with Crippen LogP contribution >= 0.6 is 15.9 Å². The molecule has 0 spiro atoms. The number of benzene rings is 2. The largest absolute Gasteiger partial charge is 0.453 e. The Morgan fingerprint density at radius 3 is 2.58 bits per heavy atom. The van der Waals surface area contributed by atoms with Gasteiger partial charge in [0.05, 0.1) is 11.2 Å². The van der Waals surface area contributed by atoms with E-state index < -0.39 is 0 Å². The molecule has 0 atom stereocenters. The smallest absolute Gasteiger partial charge is 0.152 e. The number of nitrogens with zero attached hydrogens (tertiary/aromatic N) is 1. The Morgan fingerprint density at radius 2 is 1.74 bits per heavy atom. The number of hydrogen-bond acceptors (Lipinski definition) is 1. The van der Waals surface area contributed by atoms with Gasteiger partial charge in [0, 0.05) is 16.1 Å². The number of hydrogen-bond donors (Lipinski definition) is 0. The summed E-state index contributed by atoms with van der Waals surface area (Å²) in [7, 11) is 0. The summed E-state index contributed by atoms with van der Waals surface area (Å²) in [6.45, 7) is 4.00. The van der Waals surface area contributed by atoms with Gasteiger partial charge in [0.2, 0.25) is 0 Å². The SMILES string of the molecule is Brc1ccc2c3c1ccn3-c1ccccc1O2.CC. The van der Waals surface area contributed by atoms with Gasteiger partial charge in [0.15, 0.2) is 11.5 Å². The molecule has 96 valence electrons. The van der Waals surface area contributed by atoms with Gasteiger partial charge in [-0.25, -0.2) is 0 Å². The third-order valence-corrected chi connectivity index (χ3v) is 3.79. The van der Waals surface area contributed by atoms with Crippen LogP contribution in [0.5, 0.6) is 11.5 Å². The zero-order chi connectivity index (χ0) is 13.4. The molecule has 0 amide bonds. The van der Waals surface area contributed by atoms with Crippen LogP contribution in [-0.2, 0) is 0 Å². The van der Waals surface area contributed by atoms with Crippen LogP contribution < -0.4 is 4.74 Å². The molecule has 2 nitrogen and oxygen atoms in total. The predicted molar refractivity (Wildman–Crippen MR) is 82.4 cm³/mol. The zero-order valence-corrected chi connectivity index (χ0v) is 12.4. The summed E-state index contributed by atoms with van der Waals surface area (Å²) < 4.78 is 9.19. The van der Waals surface area contributed by atoms with Crippen molar-refractivity contribution in [3.8, 4) is 17.2 Å². The second-order valence-electron chi connectivity index (χ2n) is 4.06. The maximum absolute atomic E-state index is 5.92. The summed E-state index contributed by atoms with van der Waals surface area (Å²) in [5.41, 5.74) is 2.21. The first-order chi connectivity index (χ1) is 9.34. The molecule has 0 N–H and O–H groups in total. The molecule has 1 aliphatic rings. The first kappa shape index (κ1) is 12.3. The predicted octanol–water partition coefficient (Wildman–Crippen LogP) is 5.52. The van der Waals surface area contributed by atoms with Crippen LogP contribution in [-0.4, -0.2) is 4.57 Å². The Morgan fingerprint density at radius 1 is 0.947 bits per heavy atom. The average molecular weight is 316 g/mol. The van der Waals surface area contributed by atoms with Crippen molar-refractivity contribution in [2.75, 3.05) is 0 Å².